The van der Waals surface area contributed by atoms with E-state index in [4.69, 9.17) is 14.4 Å². The van der Waals surface area contributed by atoms with E-state index in [1.54, 1.807) is 0 Å². The zero-order chi connectivity index (χ0) is 10.4. The van der Waals surface area contributed by atoms with Crippen molar-refractivity contribution >= 4 is 20.4 Å². The van der Waals surface area contributed by atoms with Crippen LogP contribution in [0.25, 0.3) is 0 Å². The predicted molar refractivity (Wildman–Crippen MR) is 46.4 cm³/mol. The van der Waals surface area contributed by atoms with E-state index in [0.717, 1.165) is 6.42 Å². The van der Waals surface area contributed by atoms with Crippen LogP contribution in [0, 0.1) is 6.08 Å². The van der Waals surface area contributed by atoms with Crippen LogP contribution in [-0.4, -0.2) is 20.4 Å². The molecule has 0 aromatic heterocycles. The van der Waals surface area contributed by atoms with Crippen LogP contribution in [-0.2, 0) is 35.4 Å². The van der Waals surface area contributed by atoms with Crippen LogP contribution in [0.1, 0.15) is 13.3 Å². The maximum absolute atomic E-state index is 7.75. The molecule has 0 radical (unpaired) electrons. The molecule has 0 amide bonds. The normalized spacial score (nSPS) is 9.46. The third kappa shape index (κ3) is 24.7. The fraction of sp³-hybridized carbons (Fsp3) is 0.222. The first-order chi connectivity index (χ1) is 5.89. The summed E-state index contributed by atoms with van der Waals surface area (Å²) in [6, 6.07) is 0. The Labute approximate surface area is 93.2 Å². The molecule has 0 N–H and O–H groups in total. The molecule has 74 valence electrons. The fourth-order valence-corrected chi connectivity index (χ4v) is 0.515. The summed E-state index contributed by atoms with van der Waals surface area (Å²) in [5, 5.41) is 0. The molecule has 0 aromatic rings. The molecule has 0 aromatic carbocycles. The predicted octanol–water partition coefficient (Wildman–Crippen LogP) is 0.871. The van der Waals surface area contributed by atoms with Gasteiger partial charge < -0.3 is 14.4 Å². The van der Waals surface area contributed by atoms with Gasteiger partial charge in [0.15, 0.2) is 0 Å². The summed E-state index contributed by atoms with van der Waals surface area (Å²) >= 11 is 0. The standard InChI is InChI=1S/C6H7.3CHO.W/c1-6-4-2-3-5-6;3*1-2;/h2,4H,3H2,1H3;3*1H;/q4*-1;. The maximum atomic E-state index is 7.75. The smallest absolute Gasteiger partial charge is 0 e. The molecule has 1 aliphatic rings. The Morgan fingerprint density at radius 1 is 1.15 bits per heavy atom. The van der Waals surface area contributed by atoms with E-state index in [9.17, 15) is 0 Å². The van der Waals surface area contributed by atoms with Gasteiger partial charge in [-0.2, -0.15) is 6.08 Å². The Balaban J connectivity index is -0.0000000508. The topological polar surface area (TPSA) is 51.2 Å². The summed E-state index contributed by atoms with van der Waals surface area (Å²) in [7, 11) is 0. The van der Waals surface area contributed by atoms with E-state index >= 15 is 0 Å². The van der Waals surface area contributed by atoms with Crippen LogP contribution in [0.15, 0.2) is 17.7 Å². The minimum atomic E-state index is 0. The molecule has 0 heterocycles. The number of carbonyl (C=O) groups excluding carboxylic acids is 3. The van der Waals surface area contributed by atoms with Gasteiger partial charge in [0.05, 0.1) is 0 Å². The summed E-state index contributed by atoms with van der Waals surface area (Å²) in [5.74, 6) is 0. The first-order valence-electron chi connectivity index (χ1n) is 2.84. The summed E-state index contributed by atoms with van der Waals surface area (Å²) in [5.41, 5.74) is 1.27. The van der Waals surface area contributed by atoms with Crippen LogP contribution in [0.2, 0.25) is 0 Å². The van der Waals surface area contributed by atoms with E-state index in [2.05, 4.69) is 45.5 Å². The van der Waals surface area contributed by atoms with E-state index in [1.165, 1.54) is 5.57 Å². The monoisotopic (exact) mass is 350 g/mol. The largest absolute Gasteiger partial charge is 0.545 e. The van der Waals surface area contributed by atoms with Crippen molar-refractivity contribution < 1.29 is 35.4 Å². The van der Waals surface area contributed by atoms with Gasteiger partial charge in [-0.05, 0) is 0 Å². The van der Waals surface area contributed by atoms with Crippen LogP contribution in [0.5, 0.6) is 0 Å². The van der Waals surface area contributed by atoms with Crippen molar-refractivity contribution in [1.82, 2.24) is 0 Å². The SMILES string of the molecule is CC1=[C-]CC=C1.[CH-]=O.[CH-]=O.[CH-]=O.[W]. The Bertz CT molecular complexity index is 136. The fourth-order valence-electron chi connectivity index (χ4n) is 0.515. The zero-order valence-corrected chi connectivity index (χ0v) is 10.2. The Morgan fingerprint density at radius 2 is 1.54 bits per heavy atom. The average Bonchev–Trinajstić information content (AvgIpc) is 2.66. The molecular weight excluding hydrogens is 340 g/mol. The van der Waals surface area contributed by atoms with Crippen LogP contribution < -0.4 is 0 Å². The van der Waals surface area contributed by atoms with Crippen LogP contribution in [0.3, 0.4) is 0 Å². The van der Waals surface area contributed by atoms with Crippen LogP contribution in [0.4, 0.5) is 0 Å². The molecule has 3 nitrogen and oxygen atoms in total. The van der Waals surface area contributed by atoms with Gasteiger partial charge >= 0.3 is 0 Å². The molecule has 13 heavy (non-hydrogen) atoms. The molecule has 1 aliphatic carbocycles. The van der Waals surface area contributed by atoms with Crippen molar-refractivity contribution in [1.29, 1.82) is 0 Å². The Morgan fingerprint density at radius 3 is 1.62 bits per heavy atom. The van der Waals surface area contributed by atoms with Gasteiger partial charge in [-0.3, -0.25) is 26.4 Å². The summed E-state index contributed by atoms with van der Waals surface area (Å²) < 4.78 is 0. The maximum Gasteiger partial charge on any atom is 0 e. The molecule has 1 rings (SSSR count). The van der Waals surface area contributed by atoms with Gasteiger partial charge in [0.1, 0.15) is 0 Å². The van der Waals surface area contributed by atoms with Crippen molar-refractivity contribution in [3.63, 3.8) is 0 Å². The van der Waals surface area contributed by atoms with Crippen molar-refractivity contribution in [2.24, 2.45) is 0 Å². The van der Waals surface area contributed by atoms with Crippen molar-refractivity contribution in [2.45, 2.75) is 13.3 Å². The summed E-state index contributed by atoms with van der Waals surface area (Å²) in [6.45, 7) is 11.8. The molecule has 0 unspecified atom stereocenters. The molecule has 0 bridgehead atoms. The second-order valence-corrected chi connectivity index (χ2v) is 1.47. The molecule has 0 atom stereocenters. The Kier molecular flexibility index (Phi) is 53.1. The van der Waals surface area contributed by atoms with Crippen molar-refractivity contribution in [3.8, 4) is 0 Å². The molecule has 4 heteroatoms. The minimum Gasteiger partial charge on any atom is -0.545 e. The average molecular weight is 350 g/mol. The number of hydrogen-bond acceptors (Lipinski definition) is 3. The summed E-state index contributed by atoms with van der Waals surface area (Å²) in [4.78, 5) is 23.2. The van der Waals surface area contributed by atoms with Gasteiger partial charge in [-0.15, -0.1) is 6.42 Å². The molecule has 0 fully saturated rings. The quantitative estimate of drug-likeness (QED) is 0.481. The number of rotatable bonds is 0. The third-order valence-electron chi connectivity index (χ3n) is 0.867. The van der Waals surface area contributed by atoms with Gasteiger partial charge in [0, 0.05) is 21.1 Å². The number of allylic oxidation sites excluding steroid dienone is 4. The van der Waals surface area contributed by atoms with E-state index in [-0.39, 0.29) is 21.1 Å². The molecule has 0 saturated carbocycles. The number of hydrogen-bond donors (Lipinski definition) is 0. The Hall–Kier alpha value is -0.822. The molecule has 0 aliphatic heterocycles. The molecule has 0 spiro atoms. The van der Waals surface area contributed by atoms with Gasteiger partial charge in [0.2, 0.25) is 0 Å². The molecule has 0 saturated heterocycles. The second kappa shape index (κ2) is 30.3. The third-order valence-corrected chi connectivity index (χ3v) is 0.867. The first kappa shape index (κ1) is 22.8. The zero-order valence-electron chi connectivity index (χ0n) is 7.23. The van der Waals surface area contributed by atoms with Crippen LogP contribution >= 0.6 is 0 Å². The van der Waals surface area contributed by atoms with Crippen molar-refractivity contribution in [2.75, 3.05) is 0 Å². The van der Waals surface area contributed by atoms with E-state index in [1.807, 2.05) is 0 Å². The molecular formula is C9H10O3W-4. The van der Waals surface area contributed by atoms with Gasteiger partial charge in [-0.1, -0.05) is 6.92 Å². The van der Waals surface area contributed by atoms with E-state index in [0.29, 0.717) is 0 Å². The van der Waals surface area contributed by atoms with Gasteiger partial charge in [0.25, 0.3) is 0 Å². The minimum absolute atomic E-state index is 0. The summed E-state index contributed by atoms with van der Waals surface area (Å²) in [6.07, 6.45) is 8.33. The van der Waals surface area contributed by atoms with Crippen molar-refractivity contribution in [3.05, 3.63) is 23.8 Å². The first-order valence-corrected chi connectivity index (χ1v) is 2.84. The van der Waals surface area contributed by atoms with E-state index < -0.39 is 0 Å². The van der Waals surface area contributed by atoms with Gasteiger partial charge in [-0.25, -0.2) is 11.6 Å². The second-order valence-electron chi connectivity index (χ2n) is 1.47.